The molecule has 0 aliphatic carbocycles. The maximum absolute atomic E-state index is 13.2. The second-order valence-electron chi connectivity index (χ2n) is 4.54. The normalized spacial score (nSPS) is 12.5. The molecule has 0 heterocycles. The van der Waals surface area contributed by atoms with Crippen molar-refractivity contribution in [1.82, 2.24) is 0 Å². The van der Waals surface area contributed by atoms with E-state index < -0.39 is 11.6 Å². The van der Waals surface area contributed by atoms with Crippen molar-refractivity contribution in [2.24, 2.45) is 0 Å². The van der Waals surface area contributed by atoms with Crippen molar-refractivity contribution < 1.29 is 8.78 Å². The van der Waals surface area contributed by atoms with Crippen molar-refractivity contribution in [3.8, 4) is 0 Å². The molecule has 0 amide bonds. The Morgan fingerprint density at radius 2 is 1.70 bits per heavy atom. The molecule has 0 bridgehead atoms. The van der Waals surface area contributed by atoms with Gasteiger partial charge < -0.3 is 0 Å². The van der Waals surface area contributed by atoms with Crippen LogP contribution in [0, 0.1) is 18.6 Å². The number of rotatable bonds is 3. The molecule has 0 aliphatic heterocycles. The van der Waals surface area contributed by atoms with Gasteiger partial charge in [0.2, 0.25) is 0 Å². The number of aryl methyl sites for hydroxylation is 1. The second-order valence-corrected chi connectivity index (χ2v) is 7.36. The Labute approximate surface area is 142 Å². The molecule has 0 fully saturated rings. The van der Waals surface area contributed by atoms with Gasteiger partial charge in [0, 0.05) is 13.8 Å². The van der Waals surface area contributed by atoms with E-state index in [4.69, 9.17) is 0 Å². The van der Waals surface area contributed by atoms with Gasteiger partial charge in [0.15, 0.2) is 11.6 Å². The molecule has 0 radical (unpaired) electrons. The largest absolute Gasteiger partial charge is 0.204 e. The number of halogens is 5. The summed E-state index contributed by atoms with van der Waals surface area (Å²) in [6.07, 6.45) is 0.575. The monoisotopic (exact) mass is 466 g/mol. The fourth-order valence-electron chi connectivity index (χ4n) is 1.89. The van der Waals surface area contributed by atoms with Crippen LogP contribution >= 0.6 is 47.8 Å². The zero-order valence-corrected chi connectivity index (χ0v) is 15.3. The smallest absolute Gasteiger partial charge is 0.159 e. The summed E-state index contributed by atoms with van der Waals surface area (Å²) in [7, 11) is 0. The summed E-state index contributed by atoms with van der Waals surface area (Å²) in [6.45, 7) is 2.01. The van der Waals surface area contributed by atoms with Gasteiger partial charge in [0.25, 0.3) is 0 Å². The predicted octanol–water partition coefficient (Wildman–Crippen LogP) is 6.48. The van der Waals surface area contributed by atoms with E-state index in [2.05, 4.69) is 47.8 Å². The Morgan fingerprint density at radius 1 is 1.00 bits per heavy atom. The Balaban J connectivity index is 2.25. The van der Waals surface area contributed by atoms with Crippen LogP contribution in [0.3, 0.4) is 0 Å². The lowest BCUT2D eigenvalue weighted by atomic mass is 10.0. The maximum Gasteiger partial charge on any atom is 0.159 e. The van der Waals surface area contributed by atoms with Crippen LogP contribution in [0.1, 0.15) is 21.5 Å². The predicted molar refractivity (Wildman–Crippen MR) is 88.3 cm³/mol. The van der Waals surface area contributed by atoms with Gasteiger partial charge in [-0.3, -0.25) is 0 Å². The fourth-order valence-corrected chi connectivity index (χ4v) is 4.04. The first-order valence-electron chi connectivity index (χ1n) is 5.92. The number of benzene rings is 2. The van der Waals surface area contributed by atoms with Crippen molar-refractivity contribution >= 4 is 47.8 Å². The van der Waals surface area contributed by atoms with Crippen LogP contribution in [0.5, 0.6) is 0 Å². The minimum absolute atomic E-state index is 0.0126. The van der Waals surface area contributed by atoms with E-state index in [0.29, 0.717) is 6.42 Å². The molecule has 2 aromatic rings. The summed E-state index contributed by atoms with van der Waals surface area (Å²) >= 11 is 10.6. The average molecular weight is 469 g/mol. The first kappa shape index (κ1) is 16.1. The van der Waals surface area contributed by atoms with E-state index >= 15 is 0 Å². The molecule has 0 saturated carbocycles. The molecule has 2 aromatic carbocycles. The standard InChI is InChI=1S/C15H11Br3F2/c1-8-4-12(17)10(7-11(8)16)13(18)5-9-2-3-14(19)15(20)6-9/h2-4,6-7,13H,5H2,1H3. The molecule has 1 atom stereocenters. The van der Waals surface area contributed by atoms with Gasteiger partial charge in [-0.15, -0.1) is 0 Å². The quantitative estimate of drug-likeness (QED) is 0.452. The minimum Gasteiger partial charge on any atom is -0.204 e. The Kier molecular flexibility index (Phi) is 5.37. The molecule has 0 nitrogen and oxygen atoms in total. The van der Waals surface area contributed by atoms with Gasteiger partial charge in [0.1, 0.15) is 0 Å². The molecule has 5 heteroatoms. The van der Waals surface area contributed by atoms with E-state index in [1.54, 1.807) is 6.07 Å². The molecule has 0 spiro atoms. The molecule has 2 rings (SSSR count). The average Bonchev–Trinajstić information content (AvgIpc) is 2.38. The molecular formula is C15H11Br3F2. The summed E-state index contributed by atoms with van der Waals surface area (Å²) in [5.74, 6) is -1.63. The van der Waals surface area contributed by atoms with Gasteiger partial charge in [0.05, 0.1) is 0 Å². The van der Waals surface area contributed by atoms with E-state index in [0.717, 1.165) is 31.7 Å². The fraction of sp³-hybridized carbons (Fsp3) is 0.200. The van der Waals surface area contributed by atoms with Gasteiger partial charge in [-0.05, 0) is 54.3 Å². The third-order valence-corrected chi connectivity index (χ3v) is 5.37. The lowest BCUT2D eigenvalue weighted by Crippen LogP contribution is -1.99. The SMILES string of the molecule is Cc1cc(Br)c(C(Br)Cc2ccc(F)c(F)c2)cc1Br. The van der Waals surface area contributed by atoms with Crippen molar-refractivity contribution in [2.75, 3.05) is 0 Å². The Hall–Kier alpha value is -0.260. The Bertz CT molecular complexity index is 641. The number of hydrogen-bond acceptors (Lipinski definition) is 0. The van der Waals surface area contributed by atoms with Gasteiger partial charge in [-0.1, -0.05) is 53.9 Å². The van der Waals surface area contributed by atoms with Crippen molar-refractivity contribution in [1.29, 1.82) is 0 Å². The second kappa shape index (κ2) is 6.67. The van der Waals surface area contributed by atoms with Crippen LogP contribution in [0.15, 0.2) is 39.3 Å². The third-order valence-electron chi connectivity index (χ3n) is 3.01. The first-order valence-corrected chi connectivity index (χ1v) is 8.42. The molecule has 1 unspecified atom stereocenters. The molecule has 0 saturated heterocycles. The van der Waals surface area contributed by atoms with Crippen molar-refractivity contribution in [2.45, 2.75) is 18.2 Å². The molecule has 0 aliphatic rings. The van der Waals surface area contributed by atoms with Gasteiger partial charge >= 0.3 is 0 Å². The summed E-state index contributed by atoms with van der Waals surface area (Å²) in [5.41, 5.74) is 2.94. The topological polar surface area (TPSA) is 0 Å². The summed E-state index contributed by atoms with van der Waals surface area (Å²) in [6, 6.07) is 8.05. The maximum atomic E-state index is 13.2. The molecule has 0 aromatic heterocycles. The van der Waals surface area contributed by atoms with E-state index in [1.165, 1.54) is 6.07 Å². The van der Waals surface area contributed by atoms with Crippen LogP contribution in [-0.2, 0) is 6.42 Å². The highest BCUT2D eigenvalue weighted by atomic mass is 79.9. The van der Waals surface area contributed by atoms with Crippen LogP contribution in [0.2, 0.25) is 0 Å². The highest BCUT2D eigenvalue weighted by Crippen LogP contribution is 2.36. The van der Waals surface area contributed by atoms with Crippen molar-refractivity contribution in [3.63, 3.8) is 0 Å². The minimum atomic E-state index is -0.820. The van der Waals surface area contributed by atoms with E-state index in [1.807, 2.05) is 19.1 Å². The van der Waals surface area contributed by atoms with Crippen LogP contribution in [0.4, 0.5) is 8.78 Å². The van der Waals surface area contributed by atoms with E-state index in [9.17, 15) is 8.78 Å². The number of alkyl halides is 1. The van der Waals surface area contributed by atoms with Crippen molar-refractivity contribution in [3.05, 3.63) is 67.6 Å². The summed E-state index contributed by atoms with van der Waals surface area (Å²) in [4.78, 5) is 0.0126. The molecular weight excluding hydrogens is 458 g/mol. The van der Waals surface area contributed by atoms with Crippen LogP contribution in [-0.4, -0.2) is 0 Å². The van der Waals surface area contributed by atoms with E-state index in [-0.39, 0.29) is 4.83 Å². The van der Waals surface area contributed by atoms with Crippen LogP contribution in [0.25, 0.3) is 0 Å². The van der Waals surface area contributed by atoms with Gasteiger partial charge in [-0.25, -0.2) is 8.78 Å². The highest BCUT2D eigenvalue weighted by molar-refractivity contribution is 9.11. The lowest BCUT2D eigenvalue weighted by molar-refractivity contribution is 0.507. The lowest BCUT2D eigenvalue weighted by Gasteiger charge is -2.14. The summed E-state index contributed by atoms with van der Waals surface area (Å²) in [5, 5.41) is 0. The molecule has 0 N–H and O–H groups in total. The third kappa shape index (κ3) is 3.68. The molecule has 20 heavy (non-hydrogen) atoms. The number of hydrogen-bond donors (Lipinski definition) is 0. The van der Waals surface area contributed by atoms with Gasteiger partial charge in [-0.2, -0.15) is 0 Å². The zero-order valence-electron chi connectivity index (χ0n) is 10.6. The highest BCUT2D eigenvalue weighted by Gasteiger charge is 2.15. The van der Waals surface area contributed by atoms with Crippen LogP contribution < -0.4 is 0 Å². The molecule has 106 valence electrons. The Morgan fingerprint density at radius 3 is 2.35 bits per heavy atom. The first-order chi connectivity index (χ1) is 9.38. The summed E-state index contributed by atoms with van der Waals surface area (Å²) < 4.78 is 28.1. The zero-order chi connectivity index (χ0) is 14.9.